The predicted octanol–water partition coefficient (Wildman–Crippen LogP) is -1.16. The van der Waals surface area contributed by atoms with E-state index >= 15 is 0 Å². The van der Waals surface area contributed by atoms with Gasteiger partial charge in [0, 0.05) is 13.0 Å². The van der Waals surface area contributed by atoms with E-state index in [1.54, 1.807) is 6.07 Å². The maximum Gasteiger partial charge on any atom is 0.262 e. The average Bonchev–Trinajstić information content (AvgIpc) is 2.86. The van der Waals surface area contributed by atoms with E-state index in [1.807, 2.05) is 0 Å². The third-order valence-corrected chi connectivity index (χ3v) is 4.14. The van der Waals surface area contributed by atoms with E-state index in [-0.39, 0.29) is 50.4 Å². The molecule has 1 saturated heterocycles. The topological polar surface area (TPSA) is 125 Å². The highest BCUT2D eigenvalue weighted by Crippen LogP contribution is 2.30. The Bertz CT molecular complexity index is 761. The van der Waals surface area contributed by atoms with E-state index in [9.17, 15) is 24.3 Å². The van der Waals surface area contributed by atoms with Gasteiger partial charge in [-0.2, -0.15) is 0 Å². The fraction of sp³-hybridized carbons (Fsp3) is 0.412. The van der Waals surface area contributed by atoms with Crippen molar-refractivity contribution in [1.29, 1.82) is 0 Å². The Morgan fingerprint density at radius 2 is 1.85 bits per heavy atom. The third kappa shape index (κ3) is 3.44. The van der Waals surface area contributed by atoms with Gasteiger partial charge in [-0.1, -0.05) is 0 Å². The lowest BCUT2D eigenvalue weighted by Crippen LogP contribution is -2.54. The molecule has 0 saturated carbocycles. The van der Waals surface area contributed by atoms with Gasteiger partial charge in [0.25, 0.3) is 11.8 Å². The zero-order valence-corrected chi connectivity index (χ0v) is 13.9. The summed E-state index contributed by atoms with van der Waals surface area (Å²) in [4.78, 5) is 49.3. The Morgan fingerprint density at radius 3 is 2.58 bits per heavy atom. The Labute approximate surface area is 148 Å². The number of piperidine rings is 1. The van der Waals surface area contributed by atoms with Gasteiger partial charge in [-0.05, 0) is 24.6 Å². The minimum absolute atomic E-state index is 0.0710. The number of rotatable bonds is 7. The van der Waals surface area contributed by atoms with Crippen molar-refractivity contribution in [3.63, 3.8) is 0 Å². The molecule has 9 heteroatoms. The molecule has 2 heterocycles. The van der Waals surface area contributed by atoms with Crippen molar-refractivity contribution >= 4 is 23.6 Å². The molecule has 0 aliphatic carbocycles. The molecule has 1 aromatic rings. The van der Waals surface area contributed by atoms with E-state index in [4.69, 9.17) is 9.47 Å². The van der Waals surface area contributed by atoms with E-state index in [0.717, 1.165) is 4.90 Å². The lowest BCUT2D eigenvalue weighted by Gasteiger charge is -2.27. The number of benzene rings is 1. The Kier molecular flexibility index (Phi) is 5.29. The molecule has 1 aromatic carbocycles. The number of imide groups is 2. The van der Waals surface area contributed by atoms with Crippen LogP contribution >= 0.6 is 0 Å². The summed E-state index contributed by atoms with van der Waals surface area (Å²) in [6.45, 7) is 0.194. The first kappa shape index (κ1) is 18.0. The summed E-state index contributed by atoms with van der Waals surface area (Å²) in [5.74, 6) is -1.85. The number of ether oxygens (including phenoxy) is 2. The minimum atomic E-state index is -0.995. The van der Waals surface area contributed by atoms with Gasteiger partial charge < -0.3 is 14.6 Å². The molecule has 3 rings (SSSR count). The highest BCUT2D eigenvalue weighted by atomic mass is 16.5. The molecule has 26 heavy (non-hydrogen) atoms. The second kappa shape index (κ2) is 7.63. The number of fused-ring (bicyclic) bond motifs is 1. The van der Waals surface area contributed by atoms with Gasteiger partial charge in [0.15, 0.2) is 0 Å². The first-order valence-corrected chi connectivity index (χ1v) is 8.17. The fourth-order valence-electron chi connectivity index (χ4n) is 2.92. The second-order valence-electron chi connectivity index (χ2n) is 5.82. The van der Waals surface area contributed by atoms with Crippen molar-refractivity contribution in [2.75, 3.05) is 26.4 Å². The van der Waals surface area contributed by atoms with E-state index in [1.165, 1.54) is 12.1 Å². The summed E-state index contributed by atoms with van der Waals surface area (Å²) in [6.07, 6.45) is 0.179. The molecule has 2 aliphatic rings. The monoisotopic (exact) mass is 361 g/mol. The zero-order chi connectivity index (χ0) is 18.7. The summed E-state index contributed by atoms with van der Waals surface area (Å²) in [5.41, 5.74) is 0.340. The van der Waals surface area contributed by atoms with Gasteiger partial charge in [-0.15, -0.1) is 6.61 Å². The summed E-state index contributed by atoms with van der Waals surface area (Å²) < 4.78 is 10.5. The van der Waals surface area contributed by atoms with E-state index in [2.05, 4.69) is 5.32 Å². The average molecular weight is 361 g/mol. The maximum absolute atomic E-state index is 12.6. The molecule has 1 fully saturated rings. The van der Waals surface area contributed by atoms with Crippen molar-refractivity contribution in [1.82, 2.24) is 10.2 Å². The smallest absolute Gasteiger partial charge is 0.262 e. The lowest BCUT2D eigenvalue weighted by atomic mass is 10.0. The third-order valence-electron chi connectivity index (χ3n) is 4.14. The van der Waals surface area contributed by atoms with Crippen LogP contribution in [0, 0.1) is 0 Å². The molecule has 0 spiro atoms. The summed E-state index contributed by atoms with van der Waals surface area (Å²) in [7, 11) is 0. The van der Waals surface area contributed by atoms with Crippen LogP contribution in [-0.4, -0.2) is 61.0 Å². The Balaban J connectivity index is 1.71. The van der Waals surface area contributed by atoms with Crippen LogP contribution in [0.3, 0.4) is 0 Å². The summed E-state index contributed by atoms with van der Waals surface area (Å²) >= 11 is 0. The normalized spacial score (nSPS) is 19.6. The molecule has 1 atom stereocenters. The number of carbonyl (C=O) groups excluding carboxylic acids is 4. The number of nitrogens with one attached hydrogen (secondary N) is 1. The van der Waals surface area contributed by atoms with Crippen molar-refractivity contribution in [2.24, 2.45) is 0 Å². The molecule has 0 bridgehead atoms. The van der Waals surface area contributed by atoms with Crippen LogP contribution in [0.2, 0.25) is 0 Å². The minimum Gasteiger partial charge on any atom is -0.853 e. The van der Waals surface area contributed by atoms with Gasteiger partial charge in [-0.3, -0.25) is 29.4 Å². The van der Waals surface area contributed by atoms with Gasteiger partial charge in [-0.25, -0.2) is 0 Å². The van der Waals surface area contributed by atoms with Gasteiger partial charge in [0.2, 0.25) is 11.8 Å². The molecule has 9 nitrogen and oxygen atoms in total. The van der Waals surface area contributed by atoms with Crippen molar-refractivity contribution in [3.8, 4) is 5.75 Å². The first-order chi connectivity index (χ1) is 12.5. The molecular weight excluding hydrogens is 344 g/mol. The SMILES string of the molecule is O=C1CCC(N2C(=O)c3ccc(OCCOCC[O-])cc3C2=O)C(=O)N1. The van der Waals surface area contributed by atoms with Gasteiger partial charge in [0.1, 0.15) is 18.4 Å². The highest BCUT2D eigenvalue weighted by molar-refractivity contribution is 6.23. The standard InChI is InChI=1S/C17H17N2O7/c20-5-6-25-7-8-26-10-1-2-11-12(9-10)17(24)19(16(11)23)13-3-4-14(21)18-15(13)22/h1-2,9,13H,3-8H2,(H,18,21,22)/q-1. The summed E-state index contributed by atoms with van der Waals surface area (Å²) in [6, 6.07) is 3.46. The maximum atomic E-state index is 12.6. The van der Waals surface area contributed by atoms with Gasteiger partial charge >= 0.3 is 0 Å². The van der Waals surface area contributed by atoms with Crippen LogP contribution in [0.25, 0.3) is 0 Å². The van der Waals surface area contributed by atoms with E-state index in [0.29, 0.717) is 5.75 Å². The lowest BCUT2D eigenvalue weighted by molar-refractivity contribution is -0.374. The number of hydrogen-bond donors (Lipinski definition) is 1. The number of carbonyl (C=O) groups is 4. The van der Waals surface area contributed by atoms with Crippen LogP contribution in [-0.2, 0) is 14.3 Å². The molecule has 0 aromatic heterocycles. The number of nitrogens with zero attached hydrogens (tertiary/aromatic N) is 1. The summed E-state index contributed by atoms with van der Waals surface area (Å²) in [5, 5.41) is 12.4. The molecular formula is C17H17N2O7-. The fourth-order valence-corrected chi connectivity index (χ4v) is 2.92. The number of hydrogen-bond acceptors (Lipinski definition) is 7. The van der Waals surface area contributed by atoms with Crippen molar-refractivity contribution in [3.05, 3.63) is 29.3 Å². The van der Waals surface area contributed by atoms with Gasteiger partial charge in [0.05, 0.1) is 17.7 Å². The molecule has 1 unspecified atom stereocenters. The highest BCUT2D eigenvalue weighted by Gasteiger charge is 2.44. The van der Waals surface area contributed by atoms with Crippen LogP contribution < -0.4 is 15.2 Å². The first-order valence-electron chi connectivity index (χ1n) is 8.17. The molecule has 0 radical (unpaired) electrons. The van der Waals surface area contributed by atoms with Crippen molar-refractivity contribution < 1.29 is 33.8 Å². The quantitative estimate of drug-likeness (QED) is 0.480. The Hall–Kier alpha value is -2.78. The molecule has 138 valence electrons. The molecule has 4 amide bonds. The van der Waals surface area contributed by atoms with Crippen LogP contribution in [0.15, 0.2) is 18.2 Å². The Morgan fingerprint density at radius 1 is 1.08 bits per heavy atom. The zero-order valence-electron chi connectivity index (χ0n) is 13.9. The van der Waals surface area contributed by atoms with Crippen molar-refractivity contribution in [2.45, 2.75) is 18.9 Å². The largest absolute Gasteiger partial charge is 0.853 e. The van der Waals surface area contributed by atoms with E-state index < -0.39 is 29.7 Å². The van der Waals surface area contributed by atoms with Crippen LogP contribution in [0.1, 0.15) is 33.6 Å². The van der Waals surface area contributed by atoms with Crippen LogP contribution in [0.4, 0.5) is 0 Å². The second-order valence-corrected chi connectivity index (χ2v) is 5.82. The molecule has 1 N–H and O–H groups in total. The number of amides is 4. The van der Waals surface area contributed by atoms with Crippen LogP contribution in [0.5, 0.6) is 5.75 Å². The predicted molar refractivity (Wildman–Crippen MR) is 84.3 cm³/mol. The molecule has 2 aliphatic heterocycles.